The molecule has 2 amide bonds. The molecule has 4 aliphatic rings. The van der Waals surface area contributed by atoms with Gasteiger partial charge in [0.15, 0.2) is 0 Å². The van der Waals surface area contributed by atoms with Gasteiger partial charge in [-0.1, -0.05) is 6.58 Å². The normalized spacial score (nSPS) is 22.0. The fourth-order valence-electron chi connectivity index (χ4n) is 5.66. The number of methoxy groups -OCH3 is 1. The second-order valence-corrected chi connectivity index (χ2v) is 10.5. The molecule has 0 bridgehead atoms. The maximum Gasteiger partial charge on any atom is 0.249 e. The molecule has 5 rings (SSSR count). The zero-order valence-electron chi connectivity index (χ0n) is 20.9. The van der Waals surface area contributed by atoms with Crippen molar-refractivity contribution in [1.82, 2.24) is 14.8 Å². The molecule has 2 aliphatic carbocycles. The van der Waals surface area contributed by atoms with E-state index in [4.69, 9.17) is 9.72 Å². The second-order valence-electron chi connectivity index (χ2n) is 10.5. The monoisotopic (exact) mass is 477 g/mol. The first-order valence-electron chi connectivity index (χ1n) is 12.9. The van der Waals surface area contributed by atoms with Gasteiger partial charge < -0.3 is 19.4 Å². The molecule has 2 saturated carbocycles. The number of carbonyl (C=O) groups excluding carboxylic acids is 2. The maximum atomic E-state index is 12.9. The molecule has 0 spiro atoms. The van der Waals surface area contributed by atoms with Crippen LogP contribution >= 0.6 is 0 Å². The molecule has 3 heterocycles. The third kappa shape index (κ3) is 4.66. The van der Waals surface area contributed by atoms with E-state index in [0.717, 1.165) is 48.3 Å². The summed E-state index contributed by atoms with van der Waals surface area (Å²) in [6.45, 7) is 9.14. The highest BCUT2D eigenvalue weighted by Crippen LogP contribution is 2.45. The van der Waals surface area contributed by atoms with Gasteiger partial charge in [0.2, 0.25) is 11.8 Å². The van der Waals surface area contributed by atoms with Crippen LogP contribution in [0.2, 0.25) is 0 Å². The van der Waals surface area contributed by atoms with Crippen LogP contribution in [0, 0.1) is 17.2 Å². The van der Waals surface area contributed by atoms with Crippen molar-refractivity contribution in [2.24, 2.45) is 5.92 Å². The number of nitriles is 1. The van der Waals surface area contributed by atoms with E-state index < -0.39 is 0 Å². The molecule has 1 saturated heterocycles. The molecule has 35 heavy (non-hydrogen) atoms. The molecular weight excluding hydrogens is 442 g/mol. The van der Waals surface area contributed by atoms with Gasteiger partial charge in [0.25, 0.3) is 0 Å². The number of aromatic nitrogens is 1. The van der Waals surface area contributed by atoms with Crippen LogP contribution in [0.5, 0.6) is 0 Å². The van der Waals surface area contributed by atoms with E-state index in [1.165, 1.54) is 0 Å². The molecular formula is C27H35N5O3. The lowest BCUT2D eigenvalue weighted by atomic mass is 9.91. The fraction of sp³-hybridized carbons (Fsp3) is 0.630. The van der Waals surface area contributed by atoms with E-state index in [2.05, 4.69) is 17.5 Å². The van der Waals surface area contributed by atoms with Crippen molar-refractivity contribution in [2.75, 3.05) is 44.8 Å². The summed E-state index contributed by atoms with van der Waals surface area (Å²) in [7, 11) is 1.62. The molecule has 186 valence electrons. The molecule has 0 unspecified atom stereocenters. The third-order valence-corrected chi connectivity index (χ3v) is 7.86. The zero-order chi connectivity index (χ0) is 24.7. The number of piperazine rings is 1. The van der Waals surface area contributed by atoms with Crippen LogP contribution in [0.4, 0.5) is 5.82 Å². The zero-order valence-corrected chi connectivity index (χ0v) is 20.9. The Kier molecular flexibility index (Phi) is 6.54. The first kappa shape index (κ1) is 23.8. The predicted octanol–water partition coefficient (Wildman–Crippen LogP) is 2.76. The van der Waals surface area contributed by atoms with Gasteiger partial charge in [-0.3, -0.25) is 9.59 Å². The molecule has 8 nitrogen and oxygen atoms in total. The molecule has 0 N–H and O–H groups in total. The van der Waals surface area contributed by atoms with E-state index in [9.17, 15) is 14.9 Å². The highest BCUT2D eigenvalue weighted by atomic mass is 16.5. The highest BCUT2D eigenvalue weighted by Gasteiger charge is 2.42. The van der Waals surface area contributed by atoms with Crippen LogP contribution in [-0.4, -0.2) is 72.5 Å². The second kappa shape index (κ2) is 9.62. The Morgan fingerprint density at radius 2 is 1.94 bits per heavy atom. The lowest BCUT2D eigenvalue weighted by molar-refractivity contribution is -0.135. The quantitative estimate of drug-likeness (QED) is 0.561. The van der Waals surface area contributed by atoms with Gasteiger partial charge >= 0.3 is 0 Å². The summed E-state index contributed by atoms with van der Waals surface area (Å²) < 4.78 is 5.13. The average Bonchev–Trinajstić information content (AvgIpc) is 3.78. The van der Waals surface area contributed by atoms with Gasteiger partial charge in [-0.2, -0.15) is 5.26 Å². The SMILES string of the molecule is C=C(C)C(=O)N1CCc2c(C#N)c(N3CCN(C(=O)CCOC)[C@H](C4CC4)C3)nc(C3CC3)c2C1. The van der Waals surface area contributed by atoms with Gasteiger partial charge in [0, 0.05) is 51.3 Å². The van der Waals surface area contributed by atoms with Crippen molar-refractivity contribution in [3.8, 4) is 6.07 Å². The van der Waals surface area contributed by atoms with Crippen molar-refractivity contribution in [3.63, 3.8) is 0 Å². The summed E-state index contributed by atoms with van der Waals surface area (Å²) >= 11 is 0. The Morgan fingerprint density at radius 3 is 2.57 bits per heavy atom. The number of rotatable bonds is 7. The minimum absolute atomic E-state index is 0.0264. The van der Waals surface area contributed by atoms with Gasteiger partial charge in [-0.25, -0.2) is 4.98 Å². The van der Waals surface area contributed by atoms with Crippen LogP contribution in [0.3, 0.4) is 0 Å². The Hall–Kier alpha value is -2.92. The van der Waals surface area contributed by atoms with E-state index in [1.54, 1.807) is 14.0 Å². The summed E-state index contributed by atoms with van der Waals surface area (Å²) in [5.74, 6) is 1.84. The molecule has 0 radical (unpaired) electrons. The van der Waals surface area contributed by atoms with Crippen molar-refractivity contribution in [2.45, 2.75) is 64.0 Å². The van der Waals surface area contributed by atoms with E-state index >= 15 is 0 Å². The Balaban J connectivity index is 1.45. The lowest BCUT2D eigenvalue weighted by Crippen LogP contribution is -2.56. The van der Waals surface area contributed by atoms with Crippen molar-refractivity contribution >= 4 is 17.6 Å². The summed E-state index contributed by atoms with van der Waals surface area (Å²) in [5.41, 5.74) is 4.39. The Labute approximate surface area is 207 Å². The van der Waals surface area contributed by atoms with Crippen LogP contribution < -0.4 is 4.90 Å². The molecule has 1 aromatic heterocycles. The maximum absolute atomic E-state index is 12.9. The van der Waals surface area contributed by atoms with Crippen LogP contribution in [0.1, 0.15) is 67.3 Å². The number of carbonyl (C=O) groups is 2. The number of amides is 2. The largest absolute Gasteiger partial charge is 0.384 e. The molecule has 1 aromatic rings. The van der Waals surface area contributed by atoms with Gasteiger partial charge in [-0.15, -0.1) is 0 Å². The molecule has 0 aromatic carbocycles. The van der Waals surface area contributed by atoms with Crippen LogP contribution in [-0.2, 0) is 27.3 Å². The molecule has 1 atom stereocenters. The fourth-order valence-corrected chi connectivity index (χ4v) is 5.66. The number of pyridine rings is 1. The minimum Gasteiger partial charge on any atom is -0.384 e. The molecule has 8 heteroatoms. The Bertz CT molecular complexity index is 1090. The van der Waals surface area contributed by atoms with Crippen LogP contribution in [0.15, 0.2) is 12.2 Å². The number of fused-ring (bicyclic) bond motifs is 1. The number of ether oxygens (including phenoxy) is 1. The summed E-state index contributed by atoms with van der Waals surface area (Å²) in [5, 5.41) is 10.2. The summed E-state index contributed by atoms with van der Waals surface area (Å²) in [6.07, 6.45) is 5.57. The number of anilines is 1. The first-order valence-corrected chi connectivity index (χ1v) is 12.9. The Morgan fingerprint density at radius 1 is 1.17 bits per heavy atom. The van der Waals surface area contributed by atoms with E-state index in [1.807, 2.05) is 9.80 Å². The minimum atomic E-state index is -0.0264. The highest BCUT2D eigenvalue weighted by molar-refractivity contribution is 5.92. The van der Waals surface area contributed by atoms with Crippen molar-refractivity contribution in [3.05, 3.63) is 34.5 Å². The van der Waals surface area contributed by atoms with Gasteiger partial charge in [0.1, 0.15) is 11.9 Å². The van der Waals surface area contributed by atoms with E-state index in [0.29, 0.717) is 75.1 Å². The van der Waals surface area contributed by atoms with Gasteiger partial charge in [-0.05, 0) is 56.1 Å². The topological polar surface area (TPSA) is 89.8 Å². The summed E-state index contributed by atoms with van der Waals surface area (Å²) in [4.78, 5) is 36.8. The van der Waals surface area contributed by atoms with Crippen LogP contribution in [0.25, 0.3) is 0 Å². The summed E-state index contributed by atoms with van der Waals surface area (Å²) in [6, 6.07) is 2.63. The first-order chi connectivity index (χ1) is 16.9. The van der Waals surface area contributed by atoms with Crippen molar-refractivity contribution < 1.29 is 14.3 Å². The smallest absolute Gasteiger partial charge is 0.249 e. The van der Waals surface area contributed by atoms with Gasteiger partial charge in [0.05, 0.1) is 30.3 Å². The molecule has 2 aliphatic heterocycles. The standard InChI is InChI=1S/C27H35N5O3/c1-17(2)27(34)31-10-8-20-21(14-28)26(29-25(19-6-7-19)22(20)15-31)30-11-12-32(24(33)9-13-35-3)23(16-30)18-4-5-18/h18-19,23H,1,4-13,15-16H2,2-3H3/t23-/m0/s1. The predicted molar refractivity (Wildman–Crippen MR) is 132 cm³/mol. The number of hydrogen-bond acceptors (Lipinski definition) is 6. The third-order valence-electron chi connectivity index (χ3n) is 7.86. The average molecular weight is 478 g/mol. The van der Waals surface area contributed by atoms with Crippen molar-refractivity contribution in [1.29, 1.82) is 5.26 Å². The number of nitrogens with zero attached hydrogens (tertiary/aromatic N) is 5. The molecule has 3 fully saturated rings. The number of hydrogen-bond donors (Lipinski definition) is 0. The van der Waals surface area contributed by atoms with E-state index in [-0.39, 0.29) is 17.9 Å². The lowest BCUT2D eigenvalue weighted by Gasteiger charge is -2.43.